The van der Waals surface area contributed by atoms with Crippen molar-refractivity contribution in [2.75, 3.05) is 19.7 Å². The summed E-state index contributed by atoms with van der Waals surface area (Å²) in [6.45, 7) is 3.39. The summed E-state index contributed by atoms with van der Waals surface area (Å²) in [5.74, 6) is 0. The maximum absolute atomic E-state index is 10.8. The van der Waals surface area contributed by atoms with Crippen molar-refractivity contribution >= 4 is 23.2 Å². The number of hydrogen-bond donors (Lipinski definition) is 1. The summed E-state index contributed by atoms with van der Waals surface area (Å²) in [4.78, 5) is 2.41. The predicted molar refractivity (Wildman–Crippen MR) is 117 cm³/mol. The number of ether oxygens (including phenoxy) is 1. The van der Waals surface area contributed by atoms with E-state index in [1.807, 2.05) is 30.3 Å². The molecule has 1 aliphatic rings. The predicted octanol–water partition coefficient (Wildman–Crippen LogP) is 5.65. The van der Waals surface area contributed by atoms with Gasteiger partial charge >= 0.3 is 0 Å². The fourth-order valence-corrected chi connectivity index (χ4v) is 4.33. The van der Waals surface area contributed by atoms with Gasteiger partial charge < -0.3 is 9.84 Å². The second kappa shape index (κ2) is 9.29. The molecule has 1 N–H and O–H groups in total. The Morgan fingerprint density at radius 1 is 0.931 bits per heavy atom. The maximum Gasteiger partial charge on any atom is 0.107 e. The number of hydrogen-bond acceptors (Lipinski definition) is 3. The molecule has 1 heterocycles. The number of halogens is 2. The van der Waals surface area contributed by atoms with Gasteiger partial charge in [0.15, 0.2) is 0 Å². The summed E-state index contributed by atoms with van der Waals surface area (Å²) in [5, 5.41) is 11.7. The van der Waals surface area contributed by atoms with E-state index >= 15 is 0 Å². The topological polar surface area (TPSA) is 32.7 Å². The molecule has 3 aromatic rings. The molecular weight excluding hydrogens is 405 g/mol. The van der Waals surface area contributed by atoms with E-state index < -0.39 is 6.10 Å². The van der Waals surface area contributed by atoms with Crippen molar-refractivity contribution in [2.24, 2.45) is 0 Å². The van der Waals surface area contributed by atoms with E-state index in [9.17, 15) is 5.11 Å². The standard InChI is InChI=1S/C24H23Cl2NO2/c25-20-7-4-8-21(26)23(20)24(28)19-11-9-18(10-12-19)22-16-27(13-14-29-22)15-17-5-2-1-3-6-17/h1-12,22,24,28H,13-16H2. The average molecular weight is 428 g/mol. The van der Waals surface area contributed by atoms with Crippen LogP contribution in [0.4, 0.5) is 0 Å². The van der Waals surface area contributed by atoms with Crippen LogP contribution in [0.5, 0.6) is 0 Å². The zero-order chi connectivity index (χ0) is 20.2. The summed E-state index contributed by atoms with van der Waals surface area (Å²) >= 11 is 12.5. The lowest BCUT2D eigenvalue weighted by Crippen LogP contribution is -2.37. The van der Waals surface area contributed by atoms with Crippen LogP contribution in [-0.2, 0) is 11.3 Å². The highest BCUT2D eigenvalue weighted by atomic mass is 35.5. The van der Waals surface area contributed by atoms with E-state index in [2.05, 4.69) is 29.2 Å². The van der Waals surface area contributed by atoms with Gasteiger partial charge in [-0.2, -0.15) is 0 Å². The van der Waals surface area contributed by atoms with Gasteiger partial charge in [0.25, 0.3) is 0 Å². The molecule has 0 spiro atoms. The summed E-state index contributed by atoms with van der Waals surface area (Å²) in [5.41, 5.74) is 3.69. The molecule has 2 unspecified atom stereocenters. The third-order valence-corrected chi connectivity index (χ3v) is 5.96. The molecule has 150 valence electrons. The van der Waals surface area contributed by atoms with Gasteiger partial charge in [0, 0.05) is 35.2 Å². The first-order valence-electron chi connectivity index (χ1n) is 9.71. The Balaban J connectivity index is 1.46. The van der Waals surface area contributed by atoms with E-state index in [-0.39, 0.29) is 6.10 Å². The van der Waals surface area contributed by atoms with Crippen LogP contribution in [0, 0.1) is 0 Å². The van der Waals surface area contributed by atoms with Crippen molar-refractivity contribution in [1.82, 2.24) is 4.90 Å². The highest BCUT2D eigenvalue weighted by Crippen LogP contribution is 2.34. The zero-order valence-corrected chi connectivity index (χ0v) is 17.5. The minimum absolute atomic E-state index is 0.0163. The zero-order valence-electron chi connectivity index (χ0n) is 16.0. The average Bonchev–Trinajstić information content (AvgIpc) is 2.74. The Morgan fingerprint density at radius 3 is 2.31 bits per heavy atom. The Morgan fingerprint density at radius 2 is 1.62 bits per heavy atom. The monoisotopic (exact) mass is 427 g/mol. The van der Waals surface area contributed by atoms with Gasteiger partial charge in [0.05, 0.1) is 12.7 Å². The first-order chi connectivity index (χ1) is 14.1. The molecule has 29 heavy (non-hydrogen) atoms. The highest BCUT2D eigenvalue weighted by Gasteiger charge is 2.23. The third-order valence-electron chi connectivity index (χ3n) is 5.30. The van der Waals surface area contributed by atoms with Crippen molar-refractivity contribution in [1.29, 1.82) is 0 Å². The van der Waals surface area contributed by atoms with E-state index in [0.29, 0.717) is 22.2 Å². The molecular formula is C24H23Cl2NO2. The number of nitrogens with zero attached hydrogens (tertiary/aromatic N) is 1. The van der Waals surface area contributed by atoms with Crippen molar-refractivity contribution in [3.05, 3.63) is 105 Å². The van der Waals surface area contributed by atoms with Gasteiger partial charge in [0.1, 0.15) is 6.10 Å². The Bertz CT molecular complexity index is 927. The molecule has 0 bridgehead atoms. The van der Waals surface area contributed by atoms with Crippen LogP contribution in [0.1, 0.15) is 34.5 Å². The number of benzene rings is 3. The summed E-state index contributed by atoms with van der Waals surface area (Å²) in [7, 11) is 0. The van der Waals surface area contributed by atoms with Gasteiger partial charge in [-0.15, -0.1) is 0 Å². The van der Waals surface area contributed by atoms with Crippen LogP contribution in [0.25, 0.3) is 0 Å². The lowest BCUT2D eigenvalue weighted by Gasteiger charge is -2.33. The summed E-state index contributed by atoms with van der Waals surface area (Å²) in [6, 6.07) is 23.6. The van der Waals surface area contributed by atoms with Crippen molar-refractivity contribution in [2.45, 2.75) is 18.8 Å². The van der Waals surface area contributed by atoms with Crippen molar-refractivity contribution in [3.63, 3.8) is 0 Å². The number of rotatable bonds is 5. The molecule has 1 aliphatic heterocycles. The van der Waals surface area contributed by atoms with Gasteiger partial charge in [-0.3, -0.25) is 4.90 Å². The van der Waals surface area contributed by atoms with E-state index in [1.54, 1.807) is 18.2 Å². The Labute approximate surface area is 181 Å². The molecule has 3 aromatic carbocycles. The van der Waals surface area contributed by atoms with E-state index in [4.69, 9.17) is 27.9 Å². The van der Waals surface area contributed by atoms with Crippen LogP contribution in [0.3, 0.4) is 0 Å². The SMILES string of the molecule is OC(c1ccc(C2CN(Cc3ccccc3)CCO2)cc1)c1c(Cl)cccc1Cl. The molecule has 2 atom stereocenters. The van der Waals surface area contributed by atoms with Crippen molar-refractivity contribution in [3.8, 4) is 0 Å². The number of aliphatic hydroxyl groups excluding tert-OH is 1. The number of aliphatic hydroxyl groups is 1. The van der Waals surface area contributed by atoms with E-state index in [1.165, 1.54) is 5.56 Å². The van der Waals surface area contributed by atoms with Crippen molar-refractivity contribution < 1.29 is 9.84 Å². The van der Waals surface area contributed by atoms with Crippen LogP contribution in [0.15, 0.2) is 72.8 Å². The molecule has 0 saturated carbocycles. The smallest absolute Gasteiger partial charge is 0.107 e. The second-order valence-corrected chi connectivity index (χ2v) is 8.10. The van der Waals surface area contributed by atoms with Crippen LogP contribution in [-0.4, -0.2) is 29.7 Å². The molecule has 0 radical (unpaired) electrons. The molecule has 1 saturated heterocycles. The molecule has 4 rings (SSSR count). The minimum atomic E-state index is -0.868. The first-order valence-corrected chi connectivity index (χ1v) is 10.5. The second-order valence-electron chi connectivity index (χ2n) is 7.28. The molecule has 0 amide bonds. The van der Waals surface area contributed by atoms with Gasteiger partial charge in [-0.25, -0.2) is 0 Å². The summed E-state index contributed by atoms with van der Waals surface area (Å²) < 4.78 is 6.01. The Hall–Kier alpha value is -1.88. The largest absolute Gasteiger partial charge is 0.384 e. The molecule has 3 nitrogen and oxygen atoms in total. The lowest BCUT2D eigenvalue weighted by molar-refractivity contribution is -0.0329. The van der Waals surface area contributed by atoms with E-state index in [0.717, 1.165) is 30.8 Å². The van der Waals surface area contributed by atoms with Crippen LogP contribution in [0.2, 0.25) is 10.0 Å². The fraction of sp³-hybridized carbons (Fsp3) is 0.250. The Kier molecular flexibility index (Phi) is 6.53. The normalized spacial score (nSPS) is 18.5. The fourth-order valence-electron chi connectivity index (χ4n) is 3.72. The quantitative estimate of drug-likeness (QED) is 0.570. The van der Waals surface area contributed by atoms with Gasteiger partial charge in [-0.1, -0.05) is 83.9 Å². The summed E-state index contributed by atoms with van der Waals surface area (Å²) in [6.07, 6.45) is -0.852. The minimum Gasteiger partial charge on any atom is -0.384 e. The first kappa shape index (κ1) is 20.4. The third kappa shape index (κ3) is 4.82. The molecule has 1 fully saturated rings. The highest BCUT2D eigenvalue weighted by molar-refractivity contribution is 6.36. The van der Waals surface area contributed by atoms with Crippen LogP contribution >= 0.6 is 23.2 Å². The molecule has 0 aromatic heterocycles. The molecule has 0 aliphatic carbocycles. The number of morpholine rings is 1. The lowest BCUT2D eigenvalue weighted by atomic mass is 9.98. The van der Waals surface area contributed by atoms with Crippen LogP contribution < -0.4 is 0 Å². The van der Waals surface area contributed by atoms with Gasteiger partial charge in [0.2, 0.25) is 0 Å². The molecule has 5 heteroatoms. The maximum atomic E-state index is 10.8. The van der Waals surface area contributed by atoms with Gasteiger partial charge in [-0.05, 0) is 28.8 Å².